The smallest absolute Gasteiger partial charge is 0.372 e. The predicted molar refractivity (Wildman–Crippen MR) is 121 cm³/mol. The molecule has 0 aliphatic heterocycles. The highest BCUT2D eigenvalue weighted by Gasteiger charge is 2.57. The van der Waals surface area contributed by atoms with Gasteiger partial charge in [0.05, 0.1) is 5.56 Å². The molecule has 0 radical (unpaired) electrons. The van der Waals surface area contributed by atoms with Crippen LogP contribution in [0, 0.1) is 5.41 Å². The third-order valence-electron chi connectivity index (χ3n) is 5.29. The summed E-state index contributed by atoms with van der Waals surface area (Å²) in [5.41, 5.74) is -3.24. The summed E-state index contributed by atoms with van der Waals surface area (Å²) in [6.45, 7) is 7.46. The number of amides is 2. The van der Waals surface area contributed by atoms with Crippen LogP contribution in [0.3, 0.4) is 0 Å². The summed E-state index contributed by atoms with van der Waals surface area (Å²) in [6.07, 6.45) is -1.37. The zero-order valence-corrected chi connectivity index (χ0v) is 18.3. The molecule has 3 aromatic rings. The lowest BCUT2D eigenvalue weighted by molar-refractivity contribution is -0.465. The molecule has 5 N–H and O–H groups in total. The van der Waals surface area contributed by atoms with Gasteiger partial charge in [-0.25, -0.2) is 10.1 Å². The summed E-state index contributed by atoms with van der Waals surface area (Å²) >= 11 is 0. The average Bonchev–Trinajstić information content (AvgIpc) is 3.11. The van der Waals surface area contributed by atoms with Gasteiger partial charge in [0.25, 0.3) is 0 Å². The fraction of sp³-hybridized carbons (Fsp3) is 0.250. The Morgan fingerprint density at radius 3 is 2.58 bits per heavy atom. The molecule has 33 heavy (non-hydrogen) atoms. The number of aromatic nitrogens is 1. The SMILES string of the molecule is C=CCn1cc(C(O)(c2ccc([NH2+]C(=O)NC(C)C)c(C=N)c2)C(F)(F)F)c2ccccc21. The number of nitrogens with one attached hydrogen (secondary N) is 2. The van der Waals surface area contributed by atoms with Crippen LogP contribution >= 0.6 is 0 Å². The van der Waals surface area contributed by atoms with Gasteiger partial charge >= 0.3 is 12.2 Å². The molecule has 174 valence electrons. The van der Waals surface area contributed by atoms with Crippen molar-refractivity contribution in [3.05, 3.63) is 78.0 Å². The van der Waals surface area contributed by atoms with Gasteiger partial charge < -0.3 is 20.4 Å². The number of nitrogens with two attached hydrogens (primary N) is 1. The largest absolute Gasteiger partial charge is 0.425 e. The van der Waals surface area contributed by atoms with Crippen molar-refractivity contribution in [2.24, 2.45) is 0 Å². The summed E-state index contributed by atoms with van der Waals surface area (Å²) in [7, 11) is 0. The van der Waals surface area contributed by atoms with Gasteiger partial charge in [0, 0.05) is 47.5 Å². The lowest BCUT2D eigenvalue weighted by Gasteiger charge is -2.31. The molecule has 0 spiro atoms. The lowest BCUT2D eigenvalue weighted by Crippen LogP contribution is -2.86. The Morgan fingerprint density at radius 2 is 1.97 bits per heavy atom. The van der Waals surface area contributed by atoms with Gasteiger partial charge in [0.1, 0.15) is 5.69 Å². The minimum atomic E-state index is -5.06. The molecule has 1 unspecified atom stereocenters. The van der Waals surface area contributed by atoms with E-state index in [4.69, 9.17) is 5.41 Å². The maximum Gasteiger partial charge on any atom is 0.425 e. The van der Waals surface area contributed by atoms with Crippen LogP contribution in [0.25, 0.3) is 10.9 Å². The molecule has 2 aromatic carbocycles. The van der Waals surface area contributed by atoms with E-state index < -0.39 is 23.4 Å². The van der Waals surface area contributed by atoms with Crippen molar-refractivity contribution < 1.29 is 28.4 Å². The number of fused-ring (bicyclic) bond motifs is 1. The van der Waals surface area contributed by atoms with Crippen LogP contribution < -0.4 is 10.6 Å². The fourth-order valence-corrected chi connectivity index (χ4v) is 3.82. The number of rotatable bonds is 7. The molecule has 0 aliphatic rings. The molecular weight excluding hydrogens is 433 g/mol. The summed E-state index contributed by atoms with van der Waals surface area (Å²) in [6, 6.07) is 9.48. The Labute approximate surface area is 189 Å². The number of halogens is 3. The zero-order valence-electron chi connectivity index (χ0n) is 18.3. The first-order valence-corrected chi connectivity index (χ1v) is 10.3. The molecule has 9 heteroatoms. The molecule has 1 aromatic heterocycles. The summed E-state index contributed by atoms with van der Waals surface area (Å²) < 4.78 is 45.0. The number of allylic oxidation sites excluding steroid dienone is 1. The number of primary amides is 1. The summed E-state index contributed by atoms with van der Waals surface area (Å²) in [5.74, 6) is 0. The number of para-hydroxylation sites is 1. The molecule has 0 saturated carbocycles. The highest BCUT2D eigenvalue weighted by molar-refractivity contribution is 5.87. The van der Waals surface area contributed by atoms with Crippen LogP contribution in [-0.2, 0) is 12.1 Å². The molecule has 0 aliphatic carbocycles. The predicted octanol–water partition coefficient (Wildman–Crippen LogP) is 3.94. The van der Waals surface area contributed by atoms with Crippen molar-refractivity contribution in [1.82, 2.24) is 9.88 Å². The molecule has 3 rings (SSSR count). The number of carbonyl (C=O) groups is 1. The highest BCUT2D eigenvalue weighted by Crippen LogP contribution is 2.47. The third-order valence-corrected chi connectivity index (χ3v) is 5.29. The molecular formula is C24H26F3N4O2+. The first-order chi connectivity index (χ1) is 15.5. The highest BCUT2D eigenvalue weighted by atomic mass is 19.4. The number of nitrogens with zero attached hydrogens (tertiary/aromatic N) is 1. The van der Waals surface area contributed by atoms with Crippen LogP contribution in [0.1, 0.15) is 30.5 Å². The maximum atomic E-state index is 14.5. The monoisotopic (exact) mass is 459 g/mol. The second-order valence-corrected chi connectivity index (χ2v) is 8.00. The minimum absolute atomic E-state index is 0.0731. The van der Waals surface area contributed by atoms with Gasteiger partial charge in [-0.1, -0.05) is 24.3 Å². The van der Waals surface area contributed by atoms with E-state index in [-0.39, 0.29) is 34.8 Å². The van der Waals surface area contributed by atoms with E-state index in [0.29, 0.717) is 5.52 Å². The second kappa shape index (κ2) is 9.21. The number of urea groups is 1. The number of alkyl halides is 3. The van der Waals surface area contributed by atoms with E-state index in [1.54, 1.807) is 42.7 Å². The lowest BCUT2D eigenvalue weighted by atomic mass is 9.84. The van der Waals surface area contributed by atoms with Crippen LogP contribution in [0.5, 0.6) is 0 Å². The summed E-state index contributed by atoms with van der Waals surface area (Å²) in [4.78, 5) is 12.1. The van der Waals surface area contributed by atoms with Crippen molar-refractivity contribution in [3.8, 4) is 0 Å². The Kier molecular flexibility index (Phi) is 6.76. The Hall–Kier alpha value is -3.43. The van der Waals surface area contributed by atoms with Gasteiger partial charge in [0.15, 0.2) is 0 Å². The van der Waals surface area contributed by atoms with Crippen molar-refractivity contribution in [2.75, 3.05) is 0 Å². The van der Waals surface area contributed by atoms with Crippen LogP contribution in [0.15, 0.2) is 61.3 Å². The molecule has 1 atom stereocenters. The van der Waals surface area contributed by atoms with Gasteiger partial charge in [-0.15, -0.1) is 6.58 Å². The quantitative estimate of drug-likeness (QED) is 0.245. The number of carbonyl (C=O) groups excluding carboxylic acids is 1. The van der Waals surface area contributed by atoms with E-state index in [1.807, 2.05) is 0 Å². The third kappa shape index (κ3) is 4.55. The number of hydrogen-bond donors (Lipinski definition) is 4. The van der Waals surface area contributed by atoms with Crippen molar-refractivity contribution in [1.29, 1.82) is 5.41 Å². The van der Waals surface area contributed by atoms with E-state index in [0.717, 1.165) is 18.3 Å². The first-order valence-electron chi connectivity index (χ1n) is 10.3. The van der Waals surface area contributed by atoms with E-state index >= 15 is 0 Å². The normalized spacial score (nSPS) is 13.7. The molecule has 0 saturated heterocycles. The van der Waals surface area contributed by atoms with Gasteiger partial charge in [-0.05, 0) is 37.6 Å². The van der Waals surface area contributed by atoms with Crippen LogP contribution in [0.2, 0.25) is 0 Å². The van der Waals surface area contributed by atoms with E-state index in [9.17, 15) is 23.1 Å². The fourth-order valence-electron chi connectivity index (χ4n) is 3.82. The Balaban J connectivity index is 2.19. The number of aliphatic hydroxyl groups is 1. The van der Waals surface area contributed by atoms with E-state index in [1.165, 1.54) is 23.6 Å². The number of hydrogen-bond acceptors (Lipinski definition) is 3. The number of quaternary nitrogens is 1. The topological polar surface area (TPSA) is 94.7 Å². The van der Waals surface area contributed by atoms with Gasteiger partial charge in [0.2, 0.25) is 5.60 Å². The Bertz CT molecular complexity index is 1200. The molecule has 0 fully saturated rings. The Morgan fingerprint density at radius 1 is 1.27 bits per heavy atom. The molecule has 1 heterocycles. The van der Waals surface area contributed by atoms with Crippen LogP contribution in [0.4, 0.5) is 23.7 Å². The average molecular weight is 459 g/mol. The van der Waals surface area contributed by atoms with Gasteiger partial charge in [-0.3, -0.25) is 0 Å². The van der Waals surface area contributed by atoms with Crippen molar-refractivity contribution in [3.63, 3.8) is 0 Å². The minimum Gasteiger partial charge on any atom is -0.372 e. The molecule has 2 amide bonds. The maximum absolute atomic E-state index is 14.5. The molecule has 0 bridgehead atoms. The standard InChI is InChI=1S/C24H25F3N4O2/c1-4-11-31-14-19(18-7-5-6-8-21(18)31)23(33,24(25,26)27)17-9-10-20(16(12-17)13-28)30-22(32)29-15(2)3/h4-10,12-15,28,33H,1,11H2,2-3H3,(H2,29,30,32)/p+1. The summed E-state index contributed by atoms with van der Waals surface area (Å²) in [5, 5.41) is 23.1. The number of benzene rings is 2. The zero-order chi connectivity index (χ0) is 24.4. The van der Waals surface area contributed by atoms with Crippen molar-refractivity contribution >= 4 is 28.8 Å². The van der Waals surface area contributed by atoms with E-state index in [2.05, 4.69) is 11.9 Å². The van der Waals surface area contributed by atoms with Gasteiger partial charge in [-0.2, -0.15) is 13.2 Å². The second-order valence-electron chi connectivity index (χ2n) is 8.00. The first kappa shape index (κ1) is 24.2. The van der Waals surface area contributed by atoms with Crippen molar-refractivity contribution in [2.45, 2.75) is 38.2 Å². The van der Waals surface area contributed by atoms with Crippen LogP contribution in [-0.4, -0.2) is 34.1 Å². The molecule has 6 nitrogen and oxygen atoms in total.